The number of ether oxygens (including phenoxy) is 1. The van der Waals surface area contributed by atoms with E-state index >= 15 is 0 Å². The third-order valence-corrected chi connectivity index (χ3v) is 5.32. The third kappa shape index (κ3) is 4.17. The summed E-state index contributed by atoms with van der Waals surface area (Å²) in [6.07, 6.45) is 1.79. The van der Waals surface area contributed by atoms with Crippen molar-refractivity contribution in [2.24, 2.45) is 0 Å². The van der Waals surface area contributed by atoms with Crippen LogP contribution in [-0.4, -0.2) is 68.3 Å². The molecular formula is C20H23ClN4O2. The number of amides is 1. The van der Waals surface area contributed by atoms with Gasteiger partial charge in [0.25, 0.3) is 5.91 Å². The summed E-state index contributed by atoms with van der Waals surface area (Å²) >= 11 is 6.08. The zero-order valence-corrected chi connectivity index (χ0v) is 15.9. The lowest BCUT2D eigenvalue weighted by Crippen LogP contribution is -2.49. The van der Waals surface area contributed by atoms with Crippen LogP contribution in [-0.2, 0) is 4.74 Å². The van der Waals surface area contributed by atoms with E-state index in [1.807, 2.05) is 35.2 Å². The Bertz CT molecular complexity index is 785. The van der Waals surface area contributed by atoms with E-state index in [1.54, 1.807) is 6.20 Å². The number of carbonyl (C=O) groups is 1. The number of nitrogens with zero attached hydrogens (tertiary/aromatic N) is 4. The molecule has 27 heavy (non-hydrogen) atoms. The van der Waals surface area contributed by atoms with E-state index in [1.165, 1.54) is 0 Å². The van der Waals surface area contributed by atoms with Crippen molar-refractivity contribution in [3.05, 3.63) is 53.3 Å². The van der Waals surface area contributed by atoms with Gasteiger partial charge in [-0.1, -0.05) is 17.7 Å². The molecule has 0 radical (unpaired) electrons. The normalized spacial score (nSPS) is 17.9. The molecule has 1 aromatic heterocycles. The lowest BCUT2D eigenvalue weighted by molar-refractivity contribution is 0.0741. The molecule has 6 nitrogen and oxygen atoms in total. The zero-order chi connectivity index (χ0) is 18.6. The highest BCUT2D eigenvalue weighted by atomic mass is 35.5. The maximum absolute atomic E-state index is 12.8. The van der Waals surface area contributed by atoms with Gasteiger partial charge in [0, 0.05) is 50.0 Å². The van der Waals surface area contributed by atoms with Gasteiger partial charge < -0.3 is 19.4 Å². The molecule has 3 heterocycles. The first kappa shape index (κ1) is 18.1. The minimum Gasteiger partial charge on any atom is -0.378 e. The number of benzene rings is 1. The monoisotopic (exact) mass is 386 g/mol. The fourth-order valence-corrected chi connectivity index (χ4v) is 3.71. The molecule has 2 aliphatic heterocycles. The molecule has 7 heteroatoms. The van der Waals surface area contributed by atoms with Crippen molar-refractivity contribution in [3.63, 3.8) is 0 Å². The van der Waals surface area contributed by atoms with Gasteiger partial charge in [0.15, 0.2) is 0 Å². The Morgan fingerprint density at radius 3 is 2.33 bits per heavy atom. The van der Waals surface area contributed by atoms with E-state index in [-0.39, 0.29) is 5.91 Å². The van der Waals surface area contributed by atoms with Crippen LogP contribution in [0.25, 0.3) is 0 Å². The average Bonchev–Trinajstić information content (AvgIpc) is 2.74. The maximum atomic E-state index is 12.8. The molecule has 2 aliphatic rings. The van der Waals surface area contributed by atoms with Gasteiger partial charge in [0.05, 0.1) is 25.1 Å². The van der Waals surface area contributed by atoms with Crippen LogP contribution in [0.15, 0.2) is 42.6 Å². The van der Waals surface area contributed by atoms with Gasteiger partial charge in [-0.3, -0.25) is 4.79 Å². The van der Waals surface area contributed by atoms with Crippen molar-refractivity contribution in [1.82, 2.24) is 9.88 Å². The Morgan fingerprint density at radius 1 is 0.926 bits per heavy atom. The largest absolute Gasteiger partial charge is 0.378 e. The standard InChI is InChI=1S/C20H23ClN4O2/c21-16-2-1-3-17(14-16)23-6-8-25(9-7-23)20(26)19-5-4-18(15-22-19)24-10-12-27-13-11-24/h1-5,14-15H,6-13H2. The minimum absolute atomic E-state index is 0.00530. The first-order valence-electron chi connectivity index (χ1n) is 9.29. The number of halogens is 1. The highest BCUT2D eigenvalue weighted by Gasteiger charge is 2.23. The molecular weight excluding hydrogens is 364 g/mol. The lowest BCUT2D eigenvalue weighted by Gasteiger charge is -2.36. The highest BCUT2D eigenvalue weighted by molar-refractivity contribution is 6.30. The predicted octanol–water partition coefficient (Wildman–Crippen LogP) is 2.53. The average molecular weight is 387 g/mol. The number of anilines is 2. The fourth-order valence-electron chi connectivity index (χ4n) is 3.52. The summed E-state index contributed by atoms with van der Waals surface area (Å²) in [5, 5.41) is 0.732. The summed E-state index contributed by atoms with van der Waals surface area (Å²) in [5.74, 6) is -0.00530. The molecule has 0 spiro atoms. The van der Waals surface area contributed by atoms with Crippen molar-refractivity contribution in [3.8, 4) is 0 Å². The number of aromatic nitrogens is 1. The topological polar surface area (TPSA) is 48.9 Å². The summed E-state index contributed by atoms with van der Waals surface area (Å²) in [6, 6.07) is 11.6. The molecule has 0 aliphatic carbocycles. The van der Waals surface area contributed by atoms with Gasteiger partial charge in [-0.05, 0) is 30.3 Å². The van der Waals surface area contributed by atoms with E-state index in [0.29, 0.717) is 18.8 Å². The van der Waals surface area contributed by atoms with Crippen LogP contribution in [0.2, 0.25) is 5.02 Å². The van der Waals surface area contributed by atoms with Gasteiger partial charge >= 0.3 is 0 Å². The second kappa shape index (κ2) is 8.15. The van der Waals surface area contributed by atoms with E-state index in [0.717, 1.165) is 55.8 Å². The Kier molecular flexibility index (Phi) is 5.45. The highest BCUT2D eigenvalue weighted by Crippen LogP contribution is 2.21. The lowest BCUT2D eigenvalue weighted by atomic mass is 10.2. The van der Waals surface area contributed by atoms with Crippen LogP contribution in [0.5, 0.6) is 0 Å². The number of morpholine rings is 1. The van der Waals surface area contributed by atoms with Gasteiger partial charge in [0.2, 0.25) is 0 Å². The summed E-state index contributed by atoms with van der Waals surface area (Å²) in [5.41, 5.74) is 2.64. The Hall–Kier alpha value is -2.31. The Balaban J connectivity index is 1.36. The number of carbonyl (C=O) groups excluding carboxylic acids is 1. The van der Waals surface area contributed by atoms with Gasteiger partial charge in [-0.15, -0.1) is 0 Å². The van der Waals surface area contributed by atoms with Crippen LogP contribution >= 0.6 is 11.6 Å². The molecule has 0 saturated carbocycles. The van der Waals surface area contributed by atoms with Gasteiger partial charge in [-0.25, -0.2) is 4.98 Å². The maximum Gasteiger partial charge on any atom is 0.272 e. The number of hydrogen-bond acceptors (Lipinski definition) is 5. The first-order valence-corrected chi connectivity index (χ1v) is 9.67. The smallest absolute Gasteiger partial charge is 0.272 e. The third-order valence-electron chi connectivity index (χ3n) is 5.08. The van der Waals surface area contributed by atoms with Crippen molar-refractivity contribution < 1.29 is 9.53 Å². The number of rotatable bonds is 3. The molecule has 1 aromatic carbocycles. The Morgan fingerprint density at radius 2 is 1.67 bits per heavy atom. The van der Waals surface area contributed by atoms with E-state index in [4.69, 9.17) is 16.3 Å². The van der Waals surface area contributed by atoms with E-state index < -0.39 is 0 Å². The SMILES string of the molecule is O=C(c1ccc(N2CCOCC2)cn1)N1CCN(c2cccc(Cl)c2)CC1. The van der Waals surface area contributed by atoms with Crippen LogP contribution in [0.3, 0.4) is 0 Å². The number of pyridine rings is 1. The fraction of sp³-hybridized carbons (Fsp3) is 0.400. The van der Waals surface area contributed by atoms with Gasteiger partial charge in [-0.2, -0.15) is 0 Å². The molecule has 2 fully saturated rings. The summed E-state index contributed by atoms with van der Waals surface area (Å²) in [4.78, 5) is 23.5. The molecule has 0 unspecified atom stereocenters. The summed E-state index contributed by atoms with van der Waals surface area (Å²) in [6.45, 7) is 6.13. The van der Waals surface area contributed by atoms with E-state index in [9.17, 15) is 4.79 Å². The number of hydrogen-bond donors (Lipinski definition) is 0. The summed E-state index contributed by atoms with van der Waals surface area (Å²) in [7, 11) is 0. The summed E-state index contributed by atoms with van der Waals surface area (Å²) < 4.78 is 5.38. The quantitative estimate of drug-likeness (QED) is 0.811. The van der Waals surface area contributed by atoms with Crippen molar-refractivity contribution in [1.29, 1.82) is 0 Å². The van der Waals surface area contributed by atoms with Crippen LogP contribution in [0, 0.1) is 0 Å². The second-order valence-electron chi connectivity index (χ2n) is 6.76. The van der Waals surface area contributed by atoms with Gasteiger partial charge in [0.1, 0.15) is 5.69 Å². The van der Waals surface area contributed by atoms with Crippen LogP contribution < -0.4 is 9.80 Å². The van der Waals surface area contributed by atoms with Crippen molar-refractivity contribution >= 4 is 28.9 Å². The number of piperazine rings is 1. The molecule has 142 valence electrons. The Labute approximate surface area is 164 Å². The van der Waals surface area contributed by atoms with E-state index in [2.05, 4.69) is 20.9 Å². The minimum atomic E-state index is -0.00530. The molecule has 2 saturated heterocycles. The van der Waals surface area contributed by atoms with Crippen LogP contribution in [0.4, 0.5) is 11.4 Å². The molecule has 4 rings (SSSR count). The van der Waals surface area contributed by atoms with Crippen LogP contribution in [0.1, 0.15) is 10.5 Å². The predicted molar refractivity (Wildman–Crippen MR) is 107 cm³/mol. The van der Waals surface area contributed by atoms with Crippen molar-refractivity contribution in [2.45, 2.75) is 0 Å². The molecule has 0 atom stereocenters. The first-order chi connectivity index (χ1) is 13.2. The molecule has 1 amide bonds. The molecule has 0 N–H and O–H groups in total. The molecule has 0 bridgehead atoms. The molecule has 2 aromatic rings. The second-order valence-corrected chi connectivity index (χ2v) is 7.20. The van der Waals surface area contributed by atoms with Crippen molar-refractivity contribution in [2.75, 3.05) is 62.3 Å². The zero-order valence-electron chi connectivity index (χ0n) is 15.2.